The van der Waals surface area contributed by atoms with Crippen LogP contribution >= 0.6 is 38.5 Å². The maximum absolute atomic E-state index is 12.5. The molecule has 0 spiro atoms. The Bertz CT molecular complexity index is 320. The van der Waals surface area contributed by atoms with E-state index in [4.69, 9.17) is 5.73 Å². The van der Waals surface area contributed by atoms with Gasteiger partial charge in [0.25, 0.3) is 6.43 Å². The number of hydrogen-bond donors (Lipinski definition) is 1. The SMILES string of the molecule is Nc1cnc(I)c(CBr)c1C(F)F. The second-order valence-corrected chi connectivity index (χ2v) is 3.91. The molecule has 0 fully saturated rings. The molecule has 0 radical (unpaired) electrons. The first-order valence-electron chi connectivity index (χ1n) is 3.34. The van der Waals surface area contributed by atoms with Crippen molar-refractivity contribution in [3.63, 3.8) is 0 Å². The number of nitrogens with two attached hydrogens (primary N) is 1. The summed E-state index contributed by atoms with van der Waals surface area (Å²) < 4.78 is 25.6. The number of pyridine rings is 1. The zero-order valence-corrected chi connectivity index (χ0v) is 10.1. The van der Waals surface area contributed by atoms with Crippen LogP contribution in [0.15, 0.2) is 6.20 Å². The number of nitrogens with zero attached hydrogens (tertiary/aromatic N) is 1. The highest BCUT2D eigenvalue weighted by Gasteiger charge is 2.18. The Morgan fingerprint density at radius 2 is 2.23 bits per heavy atom. The third-order valence-electron chi connectivity index (χ3n) is 1.55. The smallest absolute Gasteiger partial charge is 0.266 e. The topological polar surface area (TPSA) is 38.9 Å². The third kappa shape index (κ3) is 2.28. The largest absolute Gasteiger partial charge is 0.397 e. The molecule has 72 valence electrons. The van der Waals surface area contributed by atoms with Crippen molar-refractivity contribution in [2.24, 2.45) is 0 Å². The molecule has 1 rings (SSSR count). The van der Waals surface area contributed by atoms with Crippen molar-refractivity contribution in [1.29, 1.82) is 0 Å². The van der Waals surface area contributed by atoms with E-state index >= 15 is 0 Å². The van der Waals surface area contributed by atoms with Crippen molar-refractivity contribution >= 4 is 44.2 Å². The van der Waals surface area contributed by atoms with Crippen molar-refractivity contribution in [3.8, 4) is 0 Å². The summed E-state index contributed by atoms with van der Waals surface area (Å²) in [6.07, 6.45) is -1.29. The summed E-state index contributed by atoms with van der Waals surface area (Å²) in [5, 5.41) is 0.336. The van der Waals surface area contributed by atoms with Crippen LogP contribution in [0.4, 0.5) is 14.5 Å². The molecular formula is C7H6BrF2IN2. The van der Waals surface area contributed by atoms with E-state index in [1.54, 1.807) is 0 Å². The van der Waals surface area contributed by atoms with Gasteiger partial charge in [0, 0.05) is 16.5 Å². The van der Waals surface area contributed by atoms with E-state index in [1.807, 2.05) is 22.6 Å². The Balaban J connectivity index is 3.35. The van der Waals surface area contributed by atoms with Crippen LogP contribution in [-0.4, -0.2) is 4.98 Å². The quantitative estimate of drug-likeness (QED) is 0.499. The molecule has 1 aromatic heterocycles. The summed E-state index contributed by atoms with van der Waals surface area (Å²) >= 11 is 5.03. The molecular weight excluding hydrogens is 357 g/mol. The summed E-state index contributed by atoms with van der Waals surface area (Å²) in [7, 11) is 0. The number of rotatable bonds is 2. The Morgan fingerprint density at radius 3 is 2.62 bits per heavy atom. The number of nitrogen functional groups attached to an aromatic ring is 1. The van der Waals surface area contributed by atoms with Crippen molar-refractivity contribution in [2.75, 3.05) is 5.73 Å². The van der Waals surface area contributed by atoms with Gasteiger partial charge < -0.3 is 5.73 Å². The number of aromatic nitrogens is 1. The van der Waals surface area contributed by atoms with E-state index in [1.165, 1.54) is 6.20 Å². The van der Waals surface area contributed by atoms with Crippen molar-refractivity contribution < 1.29 is 8.78 Å². The molecule has 0 bridgehead atoms. The van der Waals surface area contributed by atoms with Crippen molar-refractivity contribution in [2.45, 2.75) is 11.8 Å². The second kappa shape index (κ2) is 4.50. The molecule has 1 heterocycles. The lowest BCUT2D eigenvalue weighted by atomic mass is 10.1. The summed E-state index contributed by atoms with van der Waals surface area (Å²) in [6, 6.07) is 0. The minimum Gasteiger partial charge on any atom is -0.397 e. The van der Waals surface area contributed by atoms with Gasteiger partial charge in [0.1, 0.15) is 3.70 Å². The van der Waals surface area contributed by atoms with Crippen LogP contribution in [0.1, 0.15) is 17.6 Å². The lowest BCUT2D eigenvalue weighted by Crippen LogP contribution is -2.03. The van der Waals surface area contributed by atoms with Gasteiger partial charge in [-0.2, -0.15) is 0 Å². The van der Waals surface area contributed by atoms with Crippen molar-refractivity contribution in [1.82, 2.24) is 4.98 Å². The third-order valence-corrected chi connectivity index (χ3v) is 3.04. The van der Waals surface area contributed by atoms with Crippen LogP contribution in [0.5, 0.6) is 0 Å². The summed E-state index contributed by atoms with van der Waals surface area (Å²) in [4.78, 5) is 3.89. The molecule has 6 heteroatoms. The highest BCUT2D eigenvalue weighted by atomic mass is 127. The van der Waals surface area contributed by atoms with Gasteiger partial charge in [0.2, 0.25) is 0 Å². The first-order chi connectivity index (χ1) is 6.07. The average Bonchev–Trinajstić information content (AvgIpc) is 2.07. The van der Waals surface area contributed by atoms with Gasteiger partial charge in [-0.3, -0.25) is 0 Å². The normalized spacial score (nSPS) is 10.8. The van der Waals surface area contributed by atoms with Crippen LogP contribution < -0.4 is 5.73 Å². The van der Waals surface area contributed by atoms with E-state index in [-0.39, 0.29) is 11.3 Å². The molecule has 0 aliphatic rings. The molecule has 0 aliphatic heterocycles. The van der Waals surface area contributed by atoms with E-state index in [2.05, 4.69) is 20.9 Å². The van der Waals surface area contributed by atoms with E-state index in [9.17, 15) is 8.78 Å². The van der Waals surface area contributed by atoms with Gasteiger partial charge in [-0.15, -0.1) is 0 Å². The second-order valence-electron chi connectivity index (χ2n) is 2.33. The molecule has 0 amide bonds. The minimum atomic E-state index is -2.55. The number of alkyl halides is 3. The van der Waals surface area contributed by atoms with Gasteiger partial charge in [0.05, 0.1) is 11.9 Å². The van der Waals surface area contributed by atoms with Gasteiger partial charge in [-0.1, -0.05) is 15.9 Å². The predicted molar refractivity (Wildman–Crippen MR) is 59.0 cm³/mol. The highest BCUT2D eigenvalue weighted by molar-refractivity contribution is 14.1. The molecule has 0 aromatic carbocycles. The van der Waals surface area contributed by atoms with Crippen molar-refractivity contribution in [3.05, 3.63) is 21.0 Å². The standard InChI is InChI=1S/C7H6BrF2IN2/c8-1-3-5(6(9)10)4(12)2-13-7(3)11/h2,6H,1,12H2. The maximum atomic E-state index is 12.5. The van der Waals surface area contributed by atoms with Crippen LogP contribution in [0.3, 0.4) is 0 Å². The highest BCUT2D eigenvalue weighted by Crippen LogP contribution is 2.31. The fourth-order valence-electron chi connectivity index (χ4n) is 0.944. The zero-order chi connectivity index (χ0) is 10.0. The molecule has 0 unspecified atom stereocenters. The molecule has 0 atom stereocenters. The summed E-state index contributed by atoms with van der Waals surface area (Å²) in [5.41, 5.74) is 5.80. The lowest BCUT2D eigenvalue weighted by molar-refractivity contribution is 0.151. The van der Waals surface area contributed by atoms with Gasteiger partial charge >= 0.3 is 0 Å². The van der Waals surface area contributed by atoms with Crippen LogP contribution in [-0.2, 0) is 5.33 Å². The van der Waals surface area contributed by atoms with Crippen LogP contribution in [0.2, 0.25) is 0 Å². The van der Waals surface area contributed by atoms with E-state index in [0.717, 1.165) is 0 Å². The van der Waals surface area contributed by atoms with Gasteiger partial charge in [-0.05, 0) is 22.6 Å². The first-order valence-corrected chi connectivity index (χ1v) is 5.54. The zero-order valence-electron chi connectivity index (χ0n) is 6.40. The molecule has 0 aliphatic carbocycles. The maximum Gasteiger partial charge on any atom is 0.266 e. The number of anilines is 1. The van der Waals surface area contributed by atoms with Crippen LogP contribution in [0, 0.1) is 3.70 Å². The molecule has 0 saturated carbocycles. The first kappa shape index (κ1) is 11.1. The molecule has 13 heavy (non-hydrogen) atoms. The average molecular weight is 363 g/mol. The fourth-order valence-corrected chi connectivity index (χ4v) is 2.66. The fraction of sp³-hybridized carbons (Fsp3) is 0.286. The molecule has 0 saturated heterocycles. The van der Waals surface area contributed by atoms with Crippen LogP contribution in [0.25, 0.3) is 0 Å². The van der Waals surface area contributed by atoms with Gasteiger partial charge in [-0.25, -0.2) is 13.8 Å². The van der Waals surface area contributed by atoms with E-state index < -0.39 is 6.43 Å². The Morgan fingerprint density at radius 1 is 1.62 bits per heavy atom. The lowest BCUT2D eigenvalue weighted by Gasteiger charge is -2.10. The summed E-state index contributed by atoms with van der Waals surface area (Å²) in [5.74, 6) is 0. The molecule has 2 nitrogen and oxygen atoms in total. The molecule has 1 aromatic rings. The minimum absolute atomic E-state index is 0.0462. The predicted octanol–water partition coefficient (Wildman–Crippen LogP) is 3.10. The number of halogens is 4. The summed E-state index contributed by atoms with van der Waals surface area (Å²) in [6.45, 7) is 0. The molecule has 2 N–H and O–H groups in total. The van der Waals surface area contributed by atoms with E-state index in [0.29, 0.717) is 14.6 Å². The number of hydrogen-bond acceptors (Lipinski definition) is 2. The Labute approximate surface area is 96.2 Å². The Hall–Kier alpha value is 0.0200. The Kier molecular flexibility index (Phi) is 3.84. The monoisotopic (exact) mass is 362 g/mol. The van der Waals surface area contributed by atoms with Gasteiger partial charge in [0.15, 0.2) is 0 Å².